The Kier molecular flexibility index (Phi) is 4.29. The number of nitrogens with zero attached hydrogens (tertiary/aromatic N) is 3. The number of pyridine rings is 1. The van der Waals surface area contributed by atoms with Crippen LogP contribution in [0.3, 0.4) is 0 Å². The zero-order chi connectivity index (χ0) is 17.3. The molecule has 0 spiro atoms. The summed E-state index contributed by atoms with van der Waals surface area (Å²) in [7, 11) is 0. The van der Waals surface area contributed by atoms with Gasteiger partial charge in [-0.2, -0.15) is 18.3 Å². The van der Waals surface area contributed by atoms with Gasteiger partial charge in [-0.05, 0) is 37.3 Å². The first-order valence-corrected chi connectivity index (χ1v) is 7.78. The highest BCUT2D eigenvalue weighted by Crippen LogP contribution is 2.36. The van der Waals surface area contributed by atoms with Gasteiger partial charge in [0.25, 0.3) is 0 Å². The summed E-state index contributed by atoms with van der Waals surface area (Å²) in [5.74, 6) is -0.401. The number of halogens is 3. The maximum absolute atomic E-state index is 13.1. The summed E-state index contributed by atoms with van der Waals surface area (Å²) in [5.41, 5.74) is 1.38. The Labute approximate surface area is 136 Å². The van der Waals surface area contributed by atoms with E-state index >= 15 is 0 Å². The van der Waals surface area contributed by atoms with E-state index in [0.717, 1.165) is 5.56 Å². The minimum absolute atomic E-state index is 0.230. The number of fused-ring (bicyclic) bond motifs is 1. The lowest BCUT2D eigenvalue weighted by atomic mass is 10.2. The van der Waals surface area contributed by atoms with Crippen molar-refractivity contribution in [3.8, 4) is 0 Å². The Morgan fingerprint density at radius 1 is 1.38 bits per heavy atom. The first kappa shape index (κ1) is 16.5. The van der Waals surface area contributed by atoms with Gasteiger partial charge in [-0.25, -0.2) is 0 Å². The number of rotatable bonds is 4. The summed E-state index contributed by atoms with van der Waals surface area (Å²) in [6.07, 6.45) is 0.945. The highest BCUT2D eigenvalue weighted by atomic mass is 19.4. The number of alkyl halides is 3. The van der Waals surface area contributed by atoms with Crippen molar-refractivity contribution in [2.24, 2.45) is 0 Å². The maximum atomic E-state index is 13.1. The highest BCUT2D eigenvalue weighted by Gasteiger charge is 2.40. The molecule has 0 saturated heterocycles. The minimum atomic E-state index is -4.49. The molecule has 2 heterocycles. The van der Waals surface area contributed by atoms with Gasteiger partial charge in [-0.3, -0.25) is 14.5 Å². The van der Waals surface area contributed by atoms with Gasteiger partial charge in [0, 0.05) is 29.3 Å². The van der Waals surface area contributed by atoms with Crippen LogP contribution < -0.4 is 5.32 Å². The average Bonchev–Trinajstić information content (AvgIpc) is 3.10. The summed E-state index contributed by atoms with van der Waals surface area (Å²) in [4.78, 5) is 16.2. The first-order chi connectivity index (χ1) is 11.4. The van der Waals surface area contributed by atoms with Crippen molar-refractivity contribution in [1.82, 2.24) is 14.8 Å². The van der Waals surface area contributed by atoms with Gasteiger partial charge in [-0.15, -0.1) is 0 Å². The monoisotopic (exact) mass is 338 g/mol. The summed E-state index contributed by atoms with van der Waals surface area (Å²) < 4.78 is 40.4. The Balaban J connectivity index is 1.80. The van der Waals surface area contributed by atoms with E-state index in [4.69, 9.17) is 0 Å². The zero-order valence-corrected chi connectivity index (χ0v) is 13.2. The lowest BCUT2D eigenvalue weighted by molar-refractivity contribution is -0.142. The molecule has 0 aromatic carbocycles. The number of nitrogens with one attached hydrogen (secondary N) is 1. The third kappa shape index (κ3) is 3.13. The fourth-order valence-corrected chi connectivity index (χ4v) is 3.02. The number of hydrogen-bond donors (Lipinski definition) is 1. The second-order valence-electron chi connectivity index (χ2n) is 5.72. The fraction of sp³-hybridized carbons (Fsp3) is 0.438. The second-order valence-corrected chi connectivity index (χ2v) is 5.72. The zero-order valence-electron chi connectivity index (χ0n) is 13.2. The average molecular weight is 338 g/mol. The Bertz CT molecular complexity index is 767. The normalized spacial score (nSPS) is 13.8. The number of amides is 1. The predicted octanol–water partition coefficient (Wildman–Crippen LogP) is 2.99. The van der Waals surface area contributed by atoms with Crippen molar-refractivity contribution in [2.75, 3.05) is 5.32 Å². The standard InChI is InChI=1S/C16H17F3N4O/c1-2-10-8-20-7-6-12(10)21-14(24)9-23-13-5-3-4-11(13)15(22-23)16(17,18)19/h6-8H,2-5,9H2,1H3,(H,20,21,24). The molecule has 3 rings (SSSR count). The van der Waals surface area contributed by atoms with Crippen molar-refractivity contribution >= 4 is 11.6 Å². The summed E-state index contributed by atoms with van der Waals surface area (Å²) in [6.45, 7) is 1.70. The van der Waals surface area contributed by atoms with Gasteiger partial charge in [-0.1, -0.05) is 6.92 Å². The van der Waals surface area contributed by atoms with Crippen LogP contribution in [0.2, 0.25) is 0 Å². The molecule has 0 unspecified atom stereocenters. The van der Waals surface area contributed by atoms with Crippen LogP contribution in [0.25, 0.3) is 0 Å². The van der Waals surface area contributed by atoms with Crippen molar-refractivity contribution in [2.45, 2.75) is 45.3 Å². The molecule has 2 aromatic heterocycles. The summed E-state index contributed by atoms with van der Waals surface area (Å²) >= 11 is 0. The van der Waals surface area contributed by atoms with E-state index in [9.17, 15) is 18.0 Å². The van der Waals surface area contributed by atoms with Gasteiger partial charge < -0.3 is 5.32 Å². The molecule has 0 saturated carbocycles. The molecule has 0 fully saturated rings. The molecule has 128 valence electrons. The van der Waals surface area contributed by atoms with Gasteiger partial charge >= 0.3 is 6.18 Å². The van der Waals surface area contributed by atoms with Crippen molar-refractivity contribution < 1.29 is 18.0 Å². The molecule has 2 aromatic rings. The van der Waals surface area contributed by atoms with E-state index in [1.807, 2.05) is 6.92 Å². The van der Waals surface area contributed by atoms with Crippen molar-refractivity contribution in [3.05, 3.63) is 41.0 Å². The number of anilines is 1. The highest BCUT2D eigenvalue weighted by molar-refractivity contribution is 5.91. The van der Waals surface area contributed by atoms with Crippen LogP contribution in [0.15, 0.2) is 18.5 Å². The fourth-order valence-electron chi connectivity index (χ4n) is 3.02. The minimum Gasteiger partial charge on any atom is -0.324 e. The van der Waals surface area contributed by atoms with E-state index in [2.05, 4.69) is 15.4 Å². The number of carbonyl (C=O) groups excluding carboxylic acids is 1. The second kappa shape index (κ2) is 6.26. The number of carbonyl (C=O) groups is 1. The third-order valence-electron chi connectivity index (χ3n) is 4.13. The number of hydrogen-bond acceptors (Lipinski definition) is 3. The van der Waals surface area contributed by atoms with Gasteiger partial charge in [0.15, 0.2) is 5.69 Å². The SMILES string of the molecule is CCc1cnccc1NC(=O)Cn1nc(C(F)(F)F)c2c1CCC2. The van der Waals surface area contributed by atoms with Crippen LogP contribution in [0.1, 0.15) is 35.9 Å². The van der Waals surface area contributed by atoms with Crippen LogP contribution in [-0.2, 0) is 36.8 Å². The summed E-state index contributed by atoms with van der Waals surface area (Å²) in [5, 5.41) is 6.37. The molecule has 1 N–H and O–H groups in total. The van der Waals surface area contributed by atoms with Crippen LogP contribution in [0, 0.1) is 0 Å². The first-order valence-electron chi connectivity index (χ1n) is 7.78. The van der Waals surface area contributed by atoms with Crippen molar-refractivity contribution in [3.63, 3.8) is 0 Å². The molecule has 5 nitrogen and oxygen atoms in total. The lowest BCUT2D eigenvalue weighted by Gasteiger charge is -2.10. The van der Waals surface area contributed by atoms with E-state index in [0.29, 0.717) is 37.1 Å². The molecular formula is C16H17F3N4O. The topological polar surface area (TPSA) is 59.8 Å². The van der Waals surface area contributed by atoms with Crippen LogP contribution in [-0.4, -0.2) is 20.7 Å². The molecular weight excluding hydrogens is 321 g/mol. The van der Waals surface area contributed by atoms with Crippen LogP contribution in [0.4, 0.5) is 18.9 Å². The van der Waals surface area contributed by atoms with E-state index in [1.54, 1.807) is 18.5 Å². The molecule has 1 aliphatic carbocycles. The largest absolute Gasteiger partial charge is 0.435 e. The van der Waals surface area contributed by atoms with Crippen LogP contribution >= 0.6 is 0 Å². The number of aromatic nitrogens is 3. The molecule has 0 radical (unpaired) electrons. The Morgan fingerprint density at radius 2 is 2.17 bits per heavy atom. The summed E-state index contributed by atoms with van der Waals surface area (Å²) in [6, 6.07) is 1.67. The smallest absolute Gasteiger partial charge is 0.324 e. The number of aryl methyl sites for hydroxylation is 1. The Morgan fingerprint density at radius 3 is 2.88 bits per heavy atom. The molecule has 1 aliphatic rings. The molecule has 1 amide bonds. The van der Waals surface area contributed by atoms with E-state index in [1.165, 1.54) is 4.68 Å². The molecule has 0 bridgehead atoms. The van der Waals surface area contributed by atoms with Crippen LogP contribution in [0.5, 0.6) is 0 Å². The lowest BCUT2D eigenvalue weighted by Crippen LogP contribution is -2.22. The quantitative estimate of drug-likeness (QED) is 0.932. The molecule has 8 heteroatoms. The molecule has 24 heavy (non-hydrogen) atoms. The van der Waals surface area contributed by atoms with E-state index < -0.39 is 17.8 Å². The van der Waals surface area contributed by atoms with Gasteiger partial charge in [0.1, 0.15) is 6.54 Å². The van der Waals surface area contributed by atoms with Gasteiger partial charge in [0.2, 0.25) is 5.91 Å². The van der Waals surface area contributed by atoms with Crippen molar-refractivity contribution in [1.29, 1.82) is 0 Å². The third-order valence-corrected chi connectivity index (χ3v) is 4.13. The predicted molar refractivity (Wildman–Crippen MR) is 81.5 cm³/mol. The van der Waals surface area contributed by atoms with E-state index in [-0.39, 0.29) is 12.1 Å². The maximum Gasteiger partial charge on any atom is 0.435 e. The molecule has 0 atom stereocenters. The Hall–Kier alpha value is -2.38. The van der Waals surface area contributed by atoms with Gasteiger partial charge in [0.05, 0.1) is 0 Å². The molecule has 0 aliphatic heterocycles.